The second-order valence-electron chi connectivity index (χ2n) is 8.90. The number of allylic oxidation sites excluding steroid dienone is 1. The van der Waals surface area contributed by atoms with Crippen molar-refractivity contribution >= 4 is 44.9 Å². The molecule has 0 aliphatic carbocycles. The van der Waals surface area contributed by atoms with Crippen LogP contribution in [0.25, 0.3) is 22.7 Å². The van der Waals surface area contributed by atoms with Crippen LogP contribution in [0.1, 0.15) is 46.0 Å². The quantitative estimate of drug-likeness (QED) is 0.234. The Kier molecular flexibility index (Phi) is 7.14. The second-order valence-corrected chi connectivity index (χ2v) is 9.91. The van der Waals surface area contributed by atoms with Crippen LogP contribution < -0.4 is 19.1 Å². The topological polar surface area (TPSA) is 89.6 Å². The summed E-state index contributed by atoms with van der Waals surface area (Å²) >= 11 is 1.61. The number of carbonyl (C=O) groups is 1. The molecule has 0 spiro atoms. The Morgan fingerprint density at radius 1 is 1.00 bits per heavy atom. The molecule has 0 radical (unpaired) electrons. The zero-order valence-corrected chi connectivity index (χ0v) is 22.3. The number of thiazole rings is 1. The first-order valence-corrected chi connectivity index (χ1v) is 13.1. The third-order valence-corrected chi connectivity index (χ3v) is 7.70. The van der Waals surface area contributed by atoms with Gasteiger partial charge < -0.3 is 24.1 Å². The largest absolute Gasteiger partial charge is 0.493 e. The maximum Gasteiger partial charge on any atom is 0.203 e. The number of nitrogens with one attached hydrogen (secondary N) is 1. The van der Waals surface area contributed by atoms with Gasteiger partial charge in [0, 0.05) is 18.7 Å². The molecule has 1 N–H and O–H groups in total. The number of carbonyl (C=O) groups excluding carboxylic acids is 1. The predicted molar refractivity (Wildman–Crippen MR) is 147 cm³/mol. The molecule has 0 unspecified atom stereocenters. The Balaban J connectivity index is 1.63. The van der Waals surface area contributed by atoms with E-state index in [0.29, 0.717) is 34.2 Å². The third kappa shape index (κ3) is 4.91. The number of para-hydroxylation sites is 2. The number of aromatic amines is 1. The average Bonchev–Trinajstić information content (AvgIpc) is 3.54. The van der Waals surface area contributed by atoms with E-state index in [1.807, 2.05) is 37.3 Å². The molecule has 1 aliphatic rings. The number of fused-ring (bicyclic) bond motifs is 1. The molecule has 2 aromatic heterocycles. The van der Waals surface area contributed by atoms with Gasteiger partial charge >= 0.3 is 0 Å². The Hall–Kier alpha value is -3.85. The summed E-state index contributed by atoms with van der Waals surface area (Å²) in [6.07, 6.45) is 5.50. The summed E-state index contributed by atoms with van der Waals surface area (Å²) in [7, 11) is 4.60. The summed E-state index contributed by atoms with van der Waals surface area (Å²) < 4.78 is 16.4. The summed E-state index contributed by atoms with van der Waals surface area (Å²) in [6, 6.07) is 11.1. The number of hydrogen-bond donors (Lipinski definition) is 1. The zero-order valence-electron chi connectivity index (χ0n) is 21.5. The molecule has 3 heterocycles. The number of anilines is 1. The van der Waals surface area contributed by atoms with Gasteiger partial charge in [-0.05, 0) is 56.5 Å². The highest BCUT2D eigenvalue weighted by atomic mass is 32.1. The number of H-pyrrole nitrogens is 1. The molecule has 192 valence electrons. The van der Waals surface area contributed by atoms with Crippen molar-refractivity contribution in [2.45, 2.75) is 26.2 Å². The van der Waals surface area contributed by atoms with Crippen LogP contribution >= 0.6 is 11.3 Å². The van der Waals surface area contributed by atoms with Crippen molar-refractivity contribution in [1.82, 2.24) is 15.0 Å². The maximum atomic E-state index is 14.1. The highest BCUT2D eigenvalue weighted by Gasteiger charge is 2.24. The lowest BCUT2D eigenvalue weighted by Gasteiger charge is -2.25. The van der Waals surface area contributed by atoms with Crippen molar-refractivity contribution in [2.24, 2.45) is 0 Å². The number of Topliss-reactive ketones (excluding diaryl/α,β-unsaturated/α-hetero) is 1. The van der Waals surface area contributed by atoms with E-state index in [2.05, 4.69) is 9.88 Å². The minimum absolute atomic E-state index is 0.217. The standard InChI is InChI=1S/C28H30N4O4S/c1-17-24(37-28(29-17)32-12-8-5-9-13-32)16-19(27-30-20-10-6-7-11-21(20)31-27)25(33)18-14-22(34-2)26(36-4)23(15-18)35-3/h6-7,10-11,14-16H,5,8-9,12-13H2,1-4H3,(H,30,31)/b19-16+. The molecular formula is C28H30N4O4S. The molecule has 0 amide bonds. The fraction of sp³-hybridized carbons (Fsp3) is 0.321. The fourth-order valence-electron chi connectivity index (χ4n) is 4.57. The molecule has 4 aromatic rings. The number of benzene rings is 2. The lowest BCUT2D eigenvalue weighted by Crippen LogP contribution is -2.29. The zero-order chi connectivity index (χ0) is 25.9. The van der Waals surface area contributed by atoms with Crippen LogP contribution in [0.2, 0.25) is 0 Å². The van der Waals surface area contributed by atoms with Gasteiger partial charge in [-0.2, -0.15) is 0 Å². The van der Waals surface area contributed by atoms with Gasteiger partial charge in [-0.1, -0.05) is 23.5 Å². The molecule has 5 rings (SSSR count). The second kappa shape index (κ2) is 10.6. The van der Waals surface area contributed by atoms with Gasteiger partial charge in [-0.15, -0.1) is 0 Å². The molecule has 37 heavy (non-hydrogen) atoms. The van der Waals surface area contributed by atoms with E-state index >= 15 is 0 Å². The van der Waals surface area contributed by atoms with Crippen LogP contribution in [0.15, 0.2) is 36.4 Å². The van der Waals surface area contributed by atoms with Gasteiger partial charge in [-0.25, -0.2) is 9.97 Å². The average molecular weight is 519 g/mol. The monoisotopic (exact) mass is 518 g/mol. The highest BCUT2D eigenvalue weighted by Crippen LogP contribution is 2.40. The van der Waals surface area contributed by atoms with E-state index in [4.69, 9.17) is 24.2 Å². The fourth-order valence-corrected chi connectivity index (χ4v) is 5.63. The lowest BCUT2D eigenvalue weighted by atomic mass is 10.0. The smallest absolute Gasteiger partial charge is 0.203 e. The van der Waals surface area contributed by atoms with E-state index in [0.717, 1.165) is 39.8 Å². The normalized spacial score (nSPS) is 14.2. The number of ketones is 1. The van der Waals surface area contributed by atoms with E-state index in [1.54, 1.807) is 23.5 Å². The number of methoxy groups -OCH3 is 3. The number of aromatic nitrogens is 3. The van der Waals surface area contributed by atoms with Gasteiger partial charge in [0.25, 0.3) is 0 Å². The van der Waals surface area contributed by atoms with Gasteiger partial charge in [0.1, 0.15) is 5.82 Å². The van der Waals surface area contributed by atoms with Crippen LogP contribution in [0.5, 0.6) is 17.2 Å². The van der Waals surface area contributed by atoms with Crippen LogP contribution in [0.4, 0.5) is 5.13 Å². The van der Waals surface area contributed by atoms with Crippen LogP contribution in [0, 0.1) is 6.92 Å². The lowest BCUT2D eigenvalue weighted by molar-refractivity contribution is 0.105. The third-order valence-electron chi connectivity index (χ3n) is 6.54. The number of aryl methyl sites for hydroxylation is 1. The first-order chi connectivity index (χ1) is 18.0. The molecule has 9 heteroatoms. The molecular weight excluding hydrogens is 488 g/mol. The van der Waals surface area contributed by atoms with Crippen LogP contribution in [0.3, 0.4) is 0 Å². The number of rotatable bonds is 8. The minimum atomic E-state index is -0.217. The summed E-state index contributed by atoms with van der Waals surface area (Å²) in [5, 5.41) is 0.993. The van der Waals surface area contributed by atoms with E-state index in [9.17, 15) is 4.79 Å². The Bertz CT molecular complexity index is 1410. The Labute approximate surface area is 219 Å². The number of piperidine rings is 1. The minimum Gasteiger partial charge on any atom is -0.493 e. The number of imidazole rings is 1. The highest BCUT2D eigenvalue weighted by molar-refractivity contribution is 7.16. The molecule has 1 aliphatic heterocycles. The molecule has 8 nitrogen and oxygen atoms in total. The van der Waals surface area contributed by atoms with Crippen molar-refractivity contribution in [3.05, 3.63) is 58.4 Å². The van der Waals surface area contributed by atoms with E-state index < -0.39 is 0 Å². The summed E-state index contributed by atoms with van der Waals surface area (Å²) in [6.45, 7) is 4.00. The van der Waals surface area contributed by atoms with Gasteiger partial charge in [-0.3, -0.25) is 4.79 Å². The summed E-state index contributed by atoms with van der Waals surface area (Å²) in [5.74, 6) is 1.53. The number of hydrogen-bond acceptors (Lipinski definition) is 8. The Morgan fingerprint density at radius 2 is 1.70 bits per heavy atom. The molecule has 0 saturated carbocycles. The van der Waals surface area contributed by atoms with E-state index in [-0.39, 0.29) is 5.78 Å². The van der Waals surface area contributed by atoms with Crippen molar-refractivity contribution < 1.29 is 19.0 Å². The first-order valence-electron chi connectivity index (χ1n) is 12.3. The SMILES string of the molecule is COc1cc(C(=O)/C(=C\c2sc(N3CCCCC3)nc2C)c2nc3ccccc3[nH]2)cc(OC)c1OC. The van der Waals surface area contributed by atoms with Gasteiger partial charge in [0.2, 0.25) is 5.75 Å². The molecule has 1 saturated heterocycles. The van der Waals surface area contributed by atoms with Crippen LogP contribution in [-0.4, -0.2) is 55.2 Å². The van der Waals surface area contributed by atoms with Gasteiger partial charge in [0.05, 0.1) is 48.5 Å². The van der Waals surface area contributed by atoms with Crippen molar-refractivity contribution in [1.29, 1.82) is 0 Å². The first kappa shape index (κ1) is 24.8. The Morgan fingerprint density at radius 3 is 2.35 bits per heavy atom. The molecule has 0 bridgehead atoms. The number of ether oxygens (including phenoxy) is 3. The summed E-state index contributed by atoms with van der Waals surface area (Å²) in [4.78, 5) is 30.2. The van der Waals surface area contributed by atoms with Crippen molar-refractivity contribution in [2.75, 3.05) is 39.3 Å². The maximum absolute atomic E-state index is 14.1. The van der Waals surface area contributed by atoms with Crippen molar-refractivity contribution in [3.63, 3.8) is 0 Å². The summed E-state index contributed by atoms with van der Waals surface area (Å²) in [5.41, 5.74) is 3.37. The predicted octanol–water partition coefficient (Wildman–Crippen LogP) is 5.77. The molecule has 0 atom stereocenters. The molecule has 1 fully saturated rings. The van der Waals surface area contributed by atoms with Gasteiger partial charge in [0.15, 0.2) is 22.4 Å². The van der Waals surface area contributed by atoms with Crippen molar-refractivity contribution in [3.8, 4) is 17.2 Å². The van der Waals surface area contributed by atoms with Crippen LogP contribution in [-0.2, 0) is 0 Å². The number of nitrogens with zero attached hydrogens (tertiary/aromatic N) is 3. The molecule has 2 aromatic carbocycles. The van der Waals surface area contributed by atoms with E-state index in [1.165, 1.54) is 40.6 Å².